The topological polar surface area (TPSA) is 49.3 Å². The third kappa shape index (κ3) is 2.18. The number of benzene rings is 1. The highest BCUT2D eigenvalue weighted by atomic mass is 16.4. The van der Waals surface area contributed by atoms with E-state index < -0.39 is 5.97 Å². The van der Waals surface area contributed by atoms with Crippen molar-refractivity contribution in [1.82, 2.24) is 0 Å². The molecule has 0 aliphatic carbocycles. The standard InChI is InChI=1S/C13H17NO2/c1-2-9-3-4-12-11(7-9)10(5-6-14-12)8-13(15)16/h3-4,7,10,14H,2,5-6,8H2,1H3,(H,15,16). The zero-order chi connectivity index (χ0) is 11.5. The van der Waals surface area contributed by atoms with E-state index in [9.17, 15) is 4.79 Å². The van der Waals surface area contributed by atoms with Crippen molar-refractivity contribution in [3.05, 3.63) is 29.3 Å². The van der Waals surface area contributed by atoms with E-state index in [0.717, 1.165) is 25.1 Å². The van der Waals surface area contributed by atoms with Crippen molar-refractivity contribution in [2.45, 2.75) is 32.1 Å². The van der Waals surface area contributed by atoms with E-state index in [4.69, 9.17) is 5.11 Å². The van der Waals surface area contributed by atoms with Gasteiger partial charge in [-0.3, -0.25) is 4.79 Å². The maximum absolute atomic E-state index is 10.8. The van der Waals surface area contributed by atoms with Crippen molar-refractivity contribution in [3.63, 3.8) is 0 Å². The summed E-state index contributed by atoms with van der Waals surface area (Å²) in [4.78, 5) is 10.8. The number of aliphatic carboxylic acids is 1. The average molecular weight is 219 g/mol. The molecule has 0 radical (unpaired) electrons. The van der Waals surface area contributed by atoms with Crippen molar-refractivity contribution in [3.8, 4) is 0 Å². The van der Waals surface area contributed by atoms with Gasteiger partial charge >= 0.3 is 5.97 Å². The molecule has 0 fully saturated rings. The van der Waals surface area contributed by atoms with Crippen LogP contribution >= 0.6 is 0 Å². The molecular weight excluding hydrogens is 202 g/mol. The molecule has 0 saturated heterocycles. The predicted molar refractivity (Wildman–Crippen MR) is 63.9 cm³/mol. The smallest absolute Gasteiger partial charge is 0.303 e. The quantitative estimate of drug-likeness (QED) is 0.821. The van der Waals surface area contributed by atoms with Gasteiger partial charge < -0.3 is 10.4 Å². The third-order valence-corrected chi connectivity index (χ3v) is 3.19. The Labute approximate surface area is 95.5 Å². The Bertz CT molecular complexity index is 401. The predicted octanol–water partition coefficient (Wildman–Crippen LogP) is 2.62. The van der Waals surface area contributed by atoms with Gasteiger partial charge in [0.1, 0.15) is 0 Å². The molecule has 1 aliphatic heterocycles. The number of nitrogens with one attached hydrogen (secondary N) is 1. The van der Waals surface area contributed by atoms with Crippen LogP contribution in [0.2, 0.25) is 0 Å². The Morgan fingerprint density at radius 2 is 2.38 bits per heavy atom. The number of rotatable bonds is 3. The van der Waals surface area contributed by atoms with Crippen molar-refractivity contribution < 1.29 is 9.90 Å². The number of hydrogen-bond donors (Lipinski definition) is 2. The Balaban J connectivity index is 2.31. The second-order valence-electron chi connectivity index (χ2n) is 4.29. The lowest BCUT2D eigenvalue weighted by molar-refractivity contribution is -0.137. The van der Waals surface area contributed by atoms with Crippen molar-refractivity contribution >= 4 is 11.7 Å². The second kappa shape index (κ2) is 4.56. The van der Waals surface area contributed by atoms with Gasteiger partial charge in [0.25, 0.3) is 0 Å². The molecule has 1 aliphatic rings. The number of carbonyl (C=O) groups is 1. The van der Waals surface area contributed by atoms with Gasteiger partial charge in [-0.05, 0) is 36.0 Å². The maximum Gasteiger partial charge on any atom is 0.303 e. The molecule has 1 unspecified atom stereocenters. The van der Waals surface area contributed by atoms with E-state index in [2.05, 4.69) is 30.4 Å². The summed E-state index contributed by atoms with van der Waals surface area (Å²) in [7, 11) is 0. The Hall–Kier alpha value is -1.51. The summed E-state index contributed by atoms with van der Waals surface area (Å²) in [6, 6.07) is 6.33. The van der Waals surface area contributed by atoms with Crippen LogP contribution in [0.15, 0.2) is 18.2 Å². The largest absolute Gasteiger partial charge is 0.481 e. The first kappa shape index (κ1) is 11.0. The van der Waals surface area contributed by atoms with Gasteiger partial charge in [0, 0.05) is 12.2 Å². The number of hydrogen-bond acceptors (Lipinski definition) is 2. The Morgan fingerprint density at radius 3 is 3.06 bits per heavy atom. The highest BCUT2D eigenvalue weighted by molar-refractivity contribution is 5.69. The van der Waals surface area contributed by atoms with Gasteiger partial charge in [0.05, 0.1) is 6.42 Å². The van der Waals surface area contributed by atoms with E-state index >= 15 is 0 Å². The minimum atomic E-state index is -0.709. The van der Waals surface area contributed by atoms with Crippen LogP contribution in [0.25, 0.3) is 0 Å². The summed E-state index contributed by atoms with van der Waals surface area (Å²) >= 11 is 0. The van der Waals surface area contributed by atoms with E-state index in [1.165, 1.54) is 11.1 Å². The molecule has 0 bridgehead atoms. The highest BCUT2D eigenvalue weighted by Crippen LogP contribution is 2.34. The van der Waals surface area contributed by atoms with Crippen LogP contribution in [-0.2, 0) is 11.2 Å². The molecule has 0 spiro atoms. The van der Waals surface area contributed by atoms with Crippen LogP contribution in [0.5, 0.6) is 0 Å². The molecule has 1 atom stereocenters. The number of carboxylic acid groups (broad SMARTS) is 1. The lowest BCUT2D eigenvalue weighted by Crippen LogP contribution is -2.19. The van der Waals surface area contributed by atoms with Gasteiger partial charge in [0.15, 0.2) is 0 Å². The van der Waals surface area contributed by atoms with Gasteiger partial charge in [-0.1, -0.05) is 19.1 Å². The summed E-state index contributed by atoms with van der Waals surface area (Å²) in [6.07, 6.45) is 2.14. The van der Waals surface area contributed by atoms with Crippen molar-refractivity contribution in [2.24, 2.45) is 0 Å². The number of fused-ring (bicyclic) bond motifs is 1. The molecule has 2 N–H and O–H groups in total. The second-order valence-corrected chi connectivity index (χ2v) is 4.29. The van der Waals surface area contributed by atoms with Crippen LogP contribution < -0.4 is 5.32 Å². The normalized spacial score (nSPS) is 18.7. The summed E-state index contributed by atoms with van der Waals surface area (Å²) < 4.78 is 0. The monoisotopic (exact) mass is 219 g/mol. The molecule has 86 valence electrons. The van der Waals surface area contributed by atoms with Crippen LogP contribution in [0.4, 0.5) is 5.69 Å². The van der Waals surface area contributed by atoms with E-state index in [1.807, 2.05) is 0 Å². The fourth-order valence-electron chi connectivity index (χ4n) is 2.29. The van der Waals surface area contributed by atoms with E-state index in [1.54, 1.807) is 0 Å². The molecule has 1 aromatic rings. The summed E-state index contributed by atoms with van der Waals surface area (Å²) in [6.45, 7) is 2.99. The molecule has 0 aromatic heterocycles. The van der Waals surface area contributed by atoms with Crippen LogP contribution in [0, 0.1) is 0 Å². The molecule has 0 amide bonds. The Morgan fingerprint density at radius 1 is 1.56 bits per heavy atom. The lowest BCUT2D eigenvalue weighted by atomic mass is 9.87. The fraction of sp³-hybridized carbons (Fsp3) is 0.462. The molecular formula is C13H17NO2. The zero-order valence-corrected chi connectivity index (χ0v) is 9.49. The number of aryl methyl sites for hydroxylation is 1. The molecule has 1 aromatic carbocycles. The van der Waals surface area contributed by atoms with Crippen molar-refractivity contribution in [2.75, 3.05) is 11.9 Å². The van der Waals surface area contributed by atoms with E-state index in [-0.39, 0.29) is 12.3 Å². The minimum Gasteiger partial charge on any atom is -0.481 e. The summed E-state index contributed by atoms with van der Waals surface area (Å²) in [5.41, 5.74) is 3.56. The fourth-order valence-corrected chi connectivity index (χ4v) is 2.29. The molecule has 1 heterocycles. The number of carboxylic acids is 1. The first-order valence-electron chi connectivity index (χ1n) is 5.79. The average Bonchev–Trinajstić information content (AvgIpc) is 2.28. The molecule has 0 saturated carbocycles. The lowest BCUT2D eigenvalue weighted by Gasteiger charge is -2.26. The Kier molecular flexibility index (Phi) is 3.13. The van der Waals surface area contributed by atoms with Gasteiger partial charge in [0.2, 0.25) is 0 Å². The molecule has 3 heteroatoms. The van der Waals surface area contributed by atoms with Crippen LogP contribution in [0.1, 0.15) is 36.8 Å². The zero-order valence-electron chi connectivity index (χ0n) is 9.49. The SMILES string of the molecule is CCc1ccc2c(c1)C(CC(=O)O)CCN2. The van der Waals surface area contributed by atoms with Gasteiger partial charge in [-0.25, -0.2) is 0 Å². The van der Waals surface area contributed by atoms with Gasteiger partial charge in [-0.15, -0.1) is 0 Å². The molecule has 16 heavy (non-hydrogen) atoms. The molecule has 2 rings (SSSR count). The van der Waals surface area contributed by atoms with Crippen LogP contribution in [-0.4, -0.2) is 17.6 Å². The maximum atomic E-state index is 10.8. The summed E-state index contributed by atoms with van der Waals surface area (Å²) in [5.74, 6) is -0.542. The molecule has 3 nitrogen and oxygen atoms in total. The van der Waals surface area contributed by atoms with Crippen molar-refractivity contribution in [1.29, 1.82) is 0 Å². The highest BCUT2D eigenvalue weighted by Gasteiger charge is 2.22. The summed E-state index contributed by atoms with van der Waals surface area (Å²) in [5, 5.41) is 12.2. The van der Waals surface area contributed by atoms with E-state index in [0.29, 0.717) is 0 Å². The number of anilines is 1. The first-order valence-corrected chi connectivity index (χ1v) is 5.79. The van der Waals surface area contributed by atoms with Crippen LogP contribution in [0.3, 0.4) is 0 Å². The third-order valence-electron chi connectivity index (χ3n) is 3.19. The minimum absolute atomic E-state index is 0.167. The first-order chi connectivity index (χ1) is 7.70. The van der Waals surface area contributed by atoms with Gasteiger partial charge in [-0.2, -0.15) is 0 Å².